The Morgan fingerprint density at radius 3 is 2.21 bits per heavy atom. The number of rotatable bonds is 6. The van der Waals surface area contributed by atoms with Crippen molar-refractivity contribution in [3.8, 4) is 0 Å². The zero-order valence-electron chi connectivity index (χ0n) is 11.4. The van der Waals surface area contributed by atoms with Crippen LogP contribution in [0.3, 0.4) is 0 Å². The molecule has 2 N–H and O–H groups in total. The quantitative estimate of drug-likeness (QED) is 0.815. The number of benzene rings is 1. The third kappa shape index (κ3) is 3.99. The molecule has 6 heteroatoms. The van der Waals surface area contributed by atoms with E-state index in [1.807, 2.05) is 44.2 Å². The molecule has 0 amide bonds. The minimum atomic E-state index is -3.53. The summed E-state index contributed by atoms with van der Waals surface area (Å²) >= 11 is 4.81. The molecule has 1 atom stereocenters. The molecule has 1 rings (SSSR count). The standard InChI is InChI=1S/C13H20N2O2S2/c1-10(2)15(9-12-7-5-4-6-8-12)19(16,17)11(3)13(14)18/h4-8,10-11H,9H2,1-3H3,(H2,14,18). The van der Waals surface area contributed by atoms with Crippen molar-refractivity contribution in [3.05, 3.63) is 35.9 Å². The average Bonchev–Trinajstić information content (AvgIpc) is 2.35. The Morgan fingerprint density at radius 2 is 1.79 bits per heavy atom. The van der Waals surface area contributed by atoms with E-state index in [1.165, 1.54) is 11.2 Å². The van der Waals surface area contributed by atoms with Crippen LogP contribution in [0.1, 0.15) is 26.3 Å². The lowest BCUT2D eigenvalue weighted by Gasteiger charge is -2.28. The fourth-order valence-corrected chi connectivity index (χ4v) is 3.66. The van der Waals surface area contributed by atoms with E-state index < -0.39 is 15.3 Å². The van der Waals surface area contributed by atoms with Gasteiger partial charge in [0.1, 0.15) is 5.25 Å². The zero-order chi connectivity index (χ0) is 14.6. The van der Waals surface area contributed by atoms with Crippen molar-refractivity contribution >= 4 is 27.2 Å². The number of hydrogen-bond acceptors (Lipinski definition) is 3. The van der Waals surface area contributed by atoms with Gasteiger partial charge in [0, 0.05) is 12.6 Å². The van der Waals surface area contributed by atoms with Crippen molar-refractivity contribution in [2.75, 3.05) is 0 Å². The molecule has 0 spiro atoms. The first kappa shape index (κ1) is 16.1. The molecule has 0 aliphatic carbocycles. The van der Waals surface area contributed by atoms with Gasteiger partial charge in [0.25, 0.3) is 0 Å². The van der Waals surface area contributed by atoms with Gasteiger partial charge in [-0.3, -0.25) is 0 Å². The molecule has 0 bridgehead atoms. The lowest BCUT2D eigenvalue weighted by atomic mass is 10.2. The van der Waals surface area contributed by atoms with E-state index in [9.17, 15) is 8.42 Å². The maximum Gasteiger partial charge on any atom is 0.223 e. The fourth-order valence-electron chi connectivity index (χ4n) is 1.68. The van der Waals surface area contributed by atoms with Crippen LogP contribution in [-0.4, -0.2) is 29.0 Å². The second kappa shape index (κ2) is 6.45. The Hall–Kier alpha value is -0.980. The lowest BCUT2D eigenvalue weighted by molar-refractivity contribution is 0.347. The first-order valence-corrected chi connectivity index (χ1v) is 8.02. The SMILES string of the molecule is CC(C)N(Cc1ccccc1)S(=O)(=O)C(C)C(N)=S. The van der Waals surface area contributed by atoms with Gasteiger partial charge in [-0.1, -0.05) is 42.5 Å². The Morgan fingerprint density at radius 1 is 1.26 bits per heavy atom. The summed E-state index contributed by atoms with van der Waals surface area (Å²) in [7, 11) is -3.53. The number of nitrogens with two attached hydrogens (primary N) is 1. The van der Waals surface area contributed by atoms with Crippen molar-refractivity contribution in [1.82, 2.24) is 4.31 Å². The van der Waals surface area contributed by atoms with Gasteiger partial charge in [0.05, 0.1) is 4.99 Å². The summed E-state index contributed by atoms with van der Waals surface area (Å²) in [6, 6.07) is 9.32. The highest BCUT2D eigenvalue weighted by molar-refractivity contribution is 7.92. The Kier molecular flexibility index (Phi) is 5.46. The number of hydrogen-bond donors (Lipinski definition) is 1. The summed E-state index contributed by atoms with van der Waals surface area (Å²) in [6.45, 7) is 5.53. The molecule has 1 aromatic rings. The molecule has 0 radical (unpaired) electrons. The second-order valence-electron chi connectivity index (χ2n) is 4.71. The Balaban J connectivity index is 3.05. The van der Waals surface area contributed by atoms with Crippen LogP contribution in [0.25, 0.3) is 0 Å². The largest absolute Gasteiger partial charge is 0.392 e. The summed E-state index contributed by atoms with van der Waals surface area (Å²) in [4.78, 5) is -0.00119. The van der Waals surface area contributed by atoms with Crippen molar-refractivity contribution in [1.29, 1.82) is 0 Å². The Labute approximate surface area is 120 Å². The van der Waals surface area contributed by atoms with Gasteiger partial charge in [-0.2, -0.15) is 4.31 Å². The van der Waals surface area contributed by atoms with E-state index in [-0.39, 0.29) is 11.0 Å². The molecule has 0 aromatic heterocycles. The molecule has 0 aliphatic heterocycles. The summed E-state index contributed by atoms with van der Waals surface area (Å²) in [5.41, 5.74) is 6.42. The van der Waals surface area contributed by atoms with Gasteiger partial charge in [-0.25, -0.2) is 8.42 Å². The third-order valence-corrected chi connectivity index (χ3v) is 5.79. The van der Waals surface area contributed by atoms with E-state index in [1.54, 1.807) is 0 Å². The Bertz CT molecular complexity index is 527. The maximum absolute atomic E-state index is 12.5. The molecule has 4 nitrogen and oxygen atoms in total. The molecule has 0 aliphatic rings. The van der Waals surface area contributed by atoms with Crippen LogP contribution >= 0.6 is 12.2 Å². The van der Waals surface area contributed by atoms with Crippen LogP contribution in [0.2, 0.25) is 0 Å². The summed E-state index contributed by atoms with van der Waals surface area (Å²) in [6.07, 6.45) is 0. The molecule has 0 saturated carbocycles. The first-order valence-electron chi connectivity index (χ1n) is 6.10. The zero-order valence-corrected chi connectivity index (χ0v) is 13.0. The molecular weight excluding hydrogens is 280 g/mol. The molecule has 106 valence electrons. The highest BCUT2D eigenvalue weighted by Gasteiger charge is 2.32. The summed E-state index contributed by atoms with van der Waals surface area (Å²) < 4.78 is 26.4. The maximum atomic E-state index is 12.5. The van der Waals surface area contributed by atoms with E-state index in [2.05, 4.69) is 0 Å². The fraction of sp³-hybridized carbons (Fsp3) is 0.462. The monoisotopic (exact) mass is 300 g/mol. The van der Waals surface area contributed by atoms with Crippen molar-refractivity contribution < 1.29 is 8.42 Å². The van der Waals surface area contributed by atoms with Crippen molar-refractivity contribution in [2.24, 2.45) is 5.73 Å². The van der Waals surface area contributed by atoms with Crippen molar-refractivity contribution in [2.45, 2.75) is 38.6 Å². The second-order valence-corrected chi connectivity index (χ2v) is 7.39. The molecule has 1 unspecified atom stereocenters. The van der Waals surface area contributed by atoms with Crippen LogP contribution < -0.4 is 5.73 Å². The highest BCUT2D eigenvalue weighted by Crippen LogP contribution is 2.17. The van der Waals surface area contributed by atoms with E-state index in [0.717, 1.165) is 5.56 Å². The number of nitrogens with zero attached hydrogens (tertiary/aromatic N) is 1. The predicted octanol–water partition coefficient (Wildman–Crippen LogP) is 1.90. The van der Waals surface area contributed by atoms with Crippen molar-refractivity contribution in [3.63, 3.8) is 0 Å². The smallest absolute Gasteiger partial charge is 0.223 e. The van der Waals surface area contributed by atoms with Crippen LogP contribution in [0.5, 0.6) is 0 Å². The third-order valence-electron chi connectivity index (χ3n) is 2.93. The minimum absolute atomic E-state index is 0.00119. The average molecular weight is 300 g/mol. The normalized spacial score (nSPS) is 13.7. The number of thiocarbonyl (C=S) groups is 1. The predicted molar refractivity (Wildman–Crippen MR) is 82.3 cm³/mol. The lowest BCUT2D eigenvalue weighted by Crippen LogP contribution is -2.45. The van der Waals surface area contributed by atoms with E-state index in [4.69, 9.17) is 18.0 Å². The van der Waals surface area contributed by atoms with Crippen LogP contribution in [0.4, 0.5) is 0 Å². The van der Waals surface area contributed by atoms with Crippen LogP contribution in [-0.2, 0) is 16.6 Å². The summed E-state index contributed by atoms with van der Waals surface area (Å²) in [5, 5.41) is -0.853. The molecule has 0 heterocycles. The molecule has 19 heavy (non-hydrogen) atoms. The van der Waals surface area contributed by atoms with E-state index >= 15 is 0 Å². The molecule has 0 fully saturated rings. The van der Waals surface area contributed by atoms with Crippen LogP contribution in [0.15, 0.2) is 30.3 Å². The van der Waals surface area contributed by atoms with Gasteiger partial charge >= 0.3 is 0 Å². The number of sulfonamides is 1. The summed E-state index contributed by atoms with van der Waals surface area (Å²) in [5.74, 6) is 0. The van der Waals surface area contributed by atoms with Crippen LogP contribution in [0, 0.1) is 0 Å². The molecule has 1 aromatic carbocycles. The highest BCUT2D eigenvalue weighted by atomic mass is 32.2. The van der Waals surface area contributed by atoms with Gasteiger partial charge < -0.3 is 5.73 Å². The topological polar surface area (TPSA) is 63.4 Å². The first-order chi connectivity index (χ1) is 8.76. The van der Waals surface area contributed by atoms with Gasteiger partial charge in [-0.15, -0.1) is 0 Å². The van der Waals surface area contributed by atoms with Gasteiger partial charge in [0.2, 0.25) is 10.0 Å². The van der Waals surface area contributed by atoms with Gasteiger partial charge in [-0.05, 0) is 26.3 Å². The van der Waals surface area contributed by atoms with E-state index in [0.29, 0.717) is 6.54 Å². The van der Waals surface area contributed by atoms with Gasteiger partial charge in [0.15, 0.2) is 0 Å². The minimum Gasteiger partial charge on any atom is -0.392 e. The molecule has 0 saturated heterocycles. The molecular formula is C13H20N2O2S2.